The van der Waals surface area contributed by atoms with Gasteiger partial charge in [-0.15, -0.1) is 0 Å². The van der Waals surface area contributed by atoms with Gasteiger partial charge in [0.25, 0.3) is 0 Å². The Balaban J connectivity index is 1.42. The van der Waals surface area contributed by atoms with Crippen molar-refractivity contribution in [3.8, 4) is 0 Å². The lowest BCUT2D eigenvalue weighted by Crippen LogP contribution is -2.39. The number of carbonyl (C=O) groups excluding carboxylic acids is 1. The molecule has 3 heteroatoms. The monoisotopic (exact) mass is 236 g/mol. The maximum atomic E-state index is 11.9. The van der Waals surface area contributed by atoms with Crippen LogP contribution in [0.25, 0.3) is 0 Å². The van der Waals surface area contributed by atoms with Gasteiger partial charge in [-0.1, -0.05) is 6.42 Å². The first-order valence-electron chi connectivity index (χ1n) is 7.19. The van der Waals surface area contributed by atoms with E-state index in [1.54, 1.807) is 0 Å². The fourth-order valence-corrected chi connectivity index (χ4v) is 3.71. The lowest BCUT2D eigenvalue weighted by molar-refractivity contribution is -0.129. The third kappa shape index (κ3) is 2.65. The molecule has 3 nitrogen and oxygen atoms in total. The number of hydrogen-bond donors (Lipinski definition) is 1. The van der Waals surface area contributed by atoms with E-state index in [2.05, 4.69) is 5.32 Å². The summed E-state index contributed by atoms with van der Waals surface area (Å²) in [6, 6.07) is 0.634. The average Bonchev–Trinajstić information content (AvgIpc) is 2.93. The molecule has 3 rings (SSSR count). The number of hydrogen-bond acceptors (Lipinski definition) is 2. The fourth-order valence-electron chi connectivity index (χ4n) is 3.71. The first-order chi connectivity index (χ1) is 8.22. The van der Waals surface area contributed by atoms with Gasteiger partial charge in [0.1, 0.15) is 0 Å². The summed E-state index contributed by atoms with van der Waals surface area (Å²) in [5, 5.41) is 3.30. The van der Waals surface area contributed by atoms with Gasteiger partial charge >= 0.3 is 0 Å². The van der Waals surface area contributed by atoms with Crippen molar-refractivity contribution in [1.29, 1.82) is 0 Å². The molecule has 0 heterocycles. The summed E-state index contributed by atoms with van der Waals surface area (Å²) in [6.45, 7) is 1.54. The van der Waals surface area contributed by atoms with E-state index in [-0.39, 0.29) is 5.91 Å². The summed E-state index contributed by atoms with van der Waals surface area (Å²) >= 11 is 0. The Kier molecular flexibility index (Phi) is 3.12. The second-order valence-electron chi connectivity index (χ2n) is 6.36. The first-order valence-corrected chi connectivity index (χ1v) is 7.19. The quantitative estimate of drug-likeness (QED) is 0.787. The number of nitrogens with one attached hydrogen (secondary N) is 1. The highest BCUT2D eigenvalue weighted by molar-refractivity contribution is 5.78. The van der Waals surface area contributed by atoms with E-state index in [1.807, 2.05) is 11.9 Å². The number of carbonyl (C=O) groups is 1. The van der Waals surface area contributed by atoms with Crippen molar-refractivity contribution in [2.45, 2.75) is 44.6 Å². The van der Waals surface area contributed by atoms with E-state index in [0.717, 1.165) is 24.3 Å². The van der Waals surface area contributed by atoms with Crippen LogP contribution in [0.5, 0.6) is 0 Å². The Bertz CT molecular complexity index is 301. The van der Waals surface area contributed by atoms with Crippen LogP contribution < -0.4 is 5.32 Å². The molecule has 0 aliphatic heterocycles. The first kappa shape index (κ1) is 11.5. The molecule has 3 fully saturated rings. The van der Waals surface area contributed by atoms with Gasteiger partial charge in [0.2, 0.25) is 5.91 Å². The normalized spacial score (nSPS) is 35.2. The molecular weight excluding hydrogens is 212 g/mol. The topological polar surface area (TPSA) is 32.3 Å². The highest BCUT2D eigenvalue weighted by Crippen LogP contribution is 2.48. The van der Waals surface area contributed by atoms with Gasteiger partial charge in [0.05, 0.1) is 6.54 Å². The molecule has 0 aromatic heterocycles. The van der Waals surface area contributed by atoms with Crippen LogP contribution in [0.2, 0.25) is 0 Å². The van der Waals surface area contributed by atoms with Gasteiger partial charge in [-0.25, -0.2) is 0 Å². The van der Waals surface area contributed by atoms with Crippen molar-refractivity contribution < 1.29 is 4.79 Å². The number of likely N-dealkylation sites (N-methyl/N-ethyl adjacent to an activating group) is 1. The zero-order valence-electron chi connectivity index (χ0n) is 10.8. The predicted molar refractivity (Wildman–Crippen MR) is 67.6 cm³/mol. The van der Waals surface area contributed by atoms with Gasteiger partial charge in [-0.05, 0) is 49.9 Å². The summed E-state index contributed by atoms with van der Waals surface area (Å²) in [5.41, 5.74) is 0. The number of amides is 1. The summed E-state index contributed by atoms with van der Waals surface area (Å²) < 4.78 is 0. The zero-order valence-corrected chi connectivity index (χ0v) is 10.8. The molecule has 3 saturated carbocycles. The Morgan fingerprint density at radius 3 is 2.65 bits per heavy atom. The van der Waals surface area contributed by atoms with Crippen molar-refractivity contribution in [1.82, 2.24) is 10.2 Å². The minimum absolute atomic E-state index is 0.277. The van der Waals surface area contributed by atoms with Crippen LogP contribution in [-0.4, -0.2) is 37.0 Å². The van der Waals surface area contributed by atoms with Crippen LogP contribution in [0, 0.1) is 17.8 Å². The van der Waals surface area contributed by atoms with E-state index < -0.39 is 0 Å². The SMILES string of the molecule is CN(CC1CC2CCC1C2)C(=O)CNC1CC1. The summed E-state index contributed by atoms with van der Waals surface area (Å²) in [6.07, 6.45) is 8.18. The van der Waals surface area contributed by atoms with Crippen molar-refractivity contribution in [3.63, 3.8) is 0 Å². The molecule has 3 aliphatic rings. The highest BCUT2D eigenvalue weighted by atomic mass is 16.2. The van der Waals surface area contributed by atoms with Gasteiger partial charge in [0.15, 0.2) is 0 Å². The Morgan fingerprint density at radius 2 is 2.06 bits per heavy atom. The van der Waals surface area contributed by atoms with Gasteiger partial charge in [-0.2, -0.15) is 0 Å². The maximum Gasteiger partial charge on any atom is 0.236 e. The van der Waals surface area contributed by atoms with Crippen LogP contribution in [-0.2, 0) is 4.79 Å². The van der Waals surface area contributed by atoms with Crippen LogP contribution in [0.15, 0.2) is 0 Å². The molecule has 0 saturated heterocycles. The molecule has 0 aromatic carbocycles. The van der Waals surface area contributed by atoms with E-state index in [4.69, 9.17) is 0 Å². The smallest absolute Gasteiger partial charge is 0.236 e. The third-order valence-electron chi connectivity index (χ3n) is 4.94. The third-order valence-corrected chi connectivity index (χ3v) is 4.94. The molecule has 96 valence electrons. The molecule has 3 aliphatic carbocycles. The Morgan fingerprint density at radius 1 is 1.24 bits per heavy atom. The molecule has 1 N–H and O–H groups in total. The largest absolute Gasteiger partial charge is 0.344 e. The second kappa shape index (κ2) is 4.60. The lowest BCUT2D eigenvalue weighted by Gasteiger charge is -2.27. The van der Waals surface area contributed by atoms with Crippen molar-refractivity contribution in [3.05, 3.63) is 0 Å². The van der Waals surface area contributed by atoms with Gasteiger partial charge in [-0.3, -0.25) is 4.79 Å². The molecule has 0 aromatic rings. The molecule has 0 spiro atoms. The molecule has 2 bridgehead atoms. The molecular formula is C14H24N2O. The molecule has 3 unspecified atom stereocenters. The molecule has 17 heavy (non-hydrogen) atoms. The standard InChI is InChI=1S/C14H24N2O/c1-16(14(17)8-15-13-4-5-13)9-12-7-10-2-3-11(12)6-10/h10-13,15H,2-9H2,1H3. The summed E-state index contributed by atoms with van der Waals surface area (Å²) in [4.78, 5) is 13.9. The predicted octanol–water partition coefficient (Wildman–Crippen LogP) is 1.63. The van der Waals surface area contributed by atoms with Crippen molar-refractivity contribution in [2.24, 2.45) is 17.8 Å². The van der Waals surface area contributed by atoms with E-state index in [9.17, 15) is 4.79 Å². The van der Waals surface area contributed by atoms with Crippen LogP contribution in [0.3, 0.4) is 0 Å². The van der Waals surface area contributed by atoms with Crippen LogP contribution >= 0.6 is 0 Å². The van der Waals surface area contributed by atoms with Crippen LogP contribution in [0.4, 0.5) is 0 Å². The minimum Gasteiger partial charge on any atom is -0.344 e. The second-order valence-corrected chi connectivity index (χ2v) is 6.36. The number of nitrogens with zero attached hydrogens (tertiary/aromatic N) is 1. The Labute approximate surface area is 104 Å². The average molecular weight is 236 g/mol. The van der Waals surface area contributed by atoms with E-state index in [0.29, 0.717) is 12.6 Å². The number of fused-ring (bicyclic) bond motifs is 2. The molecule has 3 atom stereocenters. The summed E-state index contributed by atoms with van der Waals surface area (Å²) in [5.74, 6) is 2.98. The van der Waals surface area contributed by atoms with Crippen molar-refractivity contribution >= 4 is 5.91 Å². The summed E-state index contributed by atoms with van der Waals surface area (Å²) in [7, 11) is 1.98. The maximum absolute atomic E-state index is 11.9. The van der Waals surface area contributed by atoms with Gasteiger partial charge in [0, 0.05) is 19.6 Å². The minimum atomic E-state index is 0.277. The number of rotatable bonds is 5. The van der Waals surface area contributed by atoms with Gasteiger partial charge < -0.3 is 10.2 Å². The Hall–Kier alpha value is -0.570. The van der Waals surface area contributed by atoms with E-state index >= 15 is 0 Å². The zero-order chi connectivity index (χ0) is 11.8. The van der Waals surface area contributed by atoms with E-state index in [1.165, 1.54) is 38.5 Å². The lowest BCUT2D eigenvalue weighted by atomic mass is 9.88. The molecule has 1 amide bonds. The molecule has 0 radical (unpaired) electrons. The highest BCUT2D eigenvalue weighted by Gasteiger charge is 2.40. The van der Waals surface area contributed by atoms with Crippen molar-refractivity contribution in [2.75, 3.05) is 20.1 Å². The fraction of sp³-hybridized carbons (Fsp3) is 0.929. The van der Waals surface area contributed by atoms with Crippen LogP contribution in [0.1, 0.15) is 38.5 Å².